The van der Waals surface area contributed by atoms with E-state index >= 15 is 0 Å². The summed E-state index contributed by atoms with van der Waals surface area (Å²) in [6, 6.07) is 0. The van der Waals surface area contributed by atoms with E-state index in [4.69, 9.17) is 0 Å². The Morgan fingerprint density at radius 2 is 0.750 bits per heavy atom. The second-order valence-corrected chi connectivity index (χ2v) is 1.77. The summed E-state index contributed by atoms with van der Waals surface area (Å²) < 4.78 is 11.1. The minimum absolute atomic E-state index is 0. The van der Waals surface area contributed by atoms with E-state index in [1.807, 2.05) is 0 Å². The van der Waals surface area contributed by atoms with Gasteiger partial charge in [-0.2, -0.15) is 0 Å². The van der Waals surface area contributed by atoms with Gasteiger partial charge in [-0.3, -0.25) is 0 Å². The molecule has 0 aromatic carbocycles. The van der Waals surface area contributed by atoms with Crippen LogP contribution in [0.1, 0.15) is 0 Å². The Morgan fingerprint density at radius 1 is 0.600 bits per heavy atom. The van der Waals surface area contributed by atoms with Crippen molar-refractivity contribution in [3.8, 4) is 0 Å². The first kappa shape index (κ1) is 32.8. The van der Waals surface area contributed by atoms with E-state index in [1.165, 1.54) is 0 Å². The fourth-order valence-electron chi connectivity index (χ4n) is 0.236. The molecule has 0 aliphatic heterocycles. The summed E-state index contributed by atoms with van der Waals surface area (Å²) in [5, 5.41) is 55.7. The molecule has 102 valence electrons. The first-order chi connectivity index (χ1) is 8.31. The molecule has 0 fully saturated rings. The van der Waals surface area contributed by atoms with Crippen LogP contribution in [0, 0.1) is 0 Å². The van der Waals surface area contributed by atoms with Crippen molar-refractivity contribution in [3.05, 3.63) is 38.5 Å². The van der Waals surface area contributed by atoms with E-state index in [-0.39, 0.29) is 71.7 Å². The zero-order valence-corrected chi connectivity index (χ0v) is 16.4. The molecule has 0 saturated heterocycles. The summed E-state index contributed by atoms with van der Waals surface area (Å²) in [6.45, 7) is 8.94. The summed E-state index contributed by atoms with van der Waals surface area (Å²) >= 11 is 0. The maximum atomic E-state index is 9.28. The molecule has 20 heavy (non-hydrogen) atoms. The maximum absolute atomic E-state index is 9.28. The second kappa shape index (κ2) is 28.2. The van der Waals surface area contributed by atoms with Gasteiger partial charge in [-0.1, -0.05) is 19.7 Å². The van der Waals surface area contributed by atoms with Crippen molar-refractivity contribution in [2.45, 2.75) is 0 Å². The van der Waals surface area contributed by atoms with Crippen LogP contribution < -0.4 is 30.1 Å². The van der Waals surface area contributed by atoms with Gasteiger partial charge in [0.2, 0.25) is 0 Å². The molecule has 0 unspecified atom stereocenters. The molecule has 0 heterocycles. The molecule has 0 saturated carbocycles. The predicted molar refractivity (Wildman–Crippen MR) is 56.9 cm³/mol. The Labute approximate surface area is 174 Å². The third-order valence-electron chi connectivity index (χ3n) is 0.622. The van der Waals surface area contributed by atoms with Gasteiger partial charge in [0.05, 0.1) is 0 Å². The zero-order valence-electron chi connectivity index (χ0n) is 10.5. The van der Waals surface area contributed by atoms with Crippen LogP contribution in [0.15, 0.2) is 38.5 Å². The zero-order chi connectivity index (χ0) is 15.0. The molecule has 0 N–H and O–H groups in total. The van der Waals surface area contributed by atoms with Gasteiger partial charge in [0.1, 0.15) is 22.0 Å². The number of hydrogen-bond donors (Lipinski definition) is 0. The Morgan fingerprint density at radius 3 is 0.750 bits per heavy atom. The Kier molecular flexibility index (Phi) is 46.1. The molecule has 9 nitrogen and oxygen atoms in total. The number of hydrogen-bond acceptors (Lipinski definition) is 9. The first-order valence-electron chi connectivity index (χ1n) is 4.05. The Hall–Kier alpha value is 0.938. The van der Waals surface area contributed by atoms with Gasteiger partial charge in [0, 0.05) is 18.8 Å². The predicted octanol–water partition coefficient (Wildman–Crippen LogP) is -6.83. The van der Waals surface area contributed by atoms with Crippen LogP contribution in [0.25, 0.3) is 0 Å². The quantitative estimate of drug-likeness (QED) is 0.290. The topological polar surface area (TPSA) is 166 Å². The number of rotatable bonds is 6. The molecule has 0 rings (SSSR count). The Balaban J connectivity index is -0.0000000536. The van der Waals surface area contributed by atoms with Crippen molar-refractivity contribution in [2.75, 3.05) is 0 Å². The van der Waals surface area contributed by atoms with Crippen LogP contribution in [0.2, 0.25) is 0 Å². The normalized spacial score (nSPS) is 6.30. The summed E-state index contributed by atoms with van der Waals surface area (Å²) in [6.07, 6.45) is 2.47. The molecule has 14 heteroatoms. The molecule has 0 aliphatic carbocycles. The van der Waals surface area contributed by atoms with Crippen LogP contribution in [-0.4, -0.2) is 67.4 Å². The van der Waals surface area contributed by atoms with Crippen molar-refractivity contribution in [1.29, 1.82) is 0 Å². The standard InChI is InChI=1S/3C2H3BO3.Sr.Zr/c3*1-2-6-3(4)5;;/h3*2H,1H2;;/q3*-2;+2;+4. The summed E-state index contributed by atoms with van der Waals surface area (Å²) in [7, 11) is -6.66. The summed E-state index contributed by atoms with van der Waals surface area (Å²) in [5.41, 5.74) is 0. The van der Waals surface area contributed by atoms with Crippen LogP contribution in [0.5, 0.6) is 0 Å². The molecule has 0 spiro atoms. The largest absolute Gasteiger partial charge is 4.00 e. The van der Waals surface area contributed by atoms with Crippen molar-refractivity contribution in [2.24, 2.45) is 0 Å². The fraction of sp³-hybridized carbons (Fsp3) is 0. The third-order valence-corrected chi connectivity index (χ3v) is 0.622. The van der Waals surface area contributed by atoms with Crippen LogP contribution in [0.3, 0.4) is 0 Å². The van der Waals surface area contributed by atoms with Gasteiger partial charge < -0.3 is 44.1 Å². The van der Waals surface area contributed by atoms with Gasteiger partial charge in [-0.25, -0.2) is 0 Å². The summed E-state index contributed by atoms with van der Waals surface area (Å²) in [5.74, 6) is 0. The van der Waals surface area contributed by atoms with E-state index in [1.54, 1.807) is 0 Å². The second-order valence-electron chi connectivity index (χ2n) is 1.77. The molecule has 0 aromatic heterocycles. The molecule has 0 amide bonds. The average Bonchev–Trinajstić information content (AvgIpc) is 2.18. The smallest absolute Gasteiger partial charge is 0.860 e. The molecule has 0 atom stereocenters. The molecule has 0 bridgehead atoms. The molecule has 0 radical (unpaired) electrons. The van der Waals surface area contributed by atoms with Crippen LogP contribution >= 0.6 is 0 Å². The third kappa shape index (κ3) is 61.7. The van der Waals surface area contributed by atoms with Crippen molar-refractivity contribution in [3.63, 3.8) is 0 Å². The van der Waals surface area contributed by atoms with Crippen molar-refractivity contribution >= 4 is 67.4 Å². The Bertz CT molecular complexity index is 177. The van der Waals surface area contributed by atoms with Crippen molar-refractivity contribution < 1.29 is 70.3 Å². The van der Waals surface area contributed by atoms with E-state index < -0.39 is 22.0 Å². The van der Waals surface area contributed by atoms with Gasteiger partial charge in [-0.05, 0) is 0 Å². The van der Waals surface area contributed by atoms with Crippen LogP contribution in [0.4, 0.5) is 0 Å². The van der Waals surface area contributed by atoms with E-state index in [0.29, 0.717) is 0 Å². The summed E-state index contributed by atoms with van der Waals surface area (Å²) in [4.78, 5) is 0. The monoisotopic (exact) mass is 436 g/mol. The van der Waals surface area contributed by atoms with E-state index in [9.17, 15) is 30.1 Å². The van der Waals surface area contributed by atoms with Gasteiger partial charge in [0.25, 0.3) is 0 Å². The fourth-order valence-corrected chi connectivity index (χ4v) is 0.236. The van der Waals surface area contributed by atoms with E-state index in [2.05, 4.69) is 33.7 Å². The van der Waals surface area contributed by atoms with Crippen molar-refractivity contribution in [1.82, 2.24) is 0 Å². The maximum Gasteiger partial charge on any atom is 4.00 e. The van der Waals surface area contributed by atoms with Gasteiger partial charge in [-0.15, -0.1) is 0 Å². The minimum Gasteiger partial charge on any atom is -0.860 e. The first-order valence-corrected chi connectivity index (χ1v) is 4.05. The molecule has 0 aliphatic rings. The van der Waals surface area contributed by atoms with Crippen LogP contribution in [-0.2, 0) is 40.2 Å². The SMILES string of the molecule is C=COB([O-])[O-].C=COB([O-])[O-].C=COB([O-])[O-].[Sr+2].[Zr+4]. The van der Waals surface area contributed by atoms with E-state index in [0.717, 1.165) is 18.8 Å². The average molecular weight is 436 g/mol. The molecular formula is C6H9B3O9SrZr. The molecule has 0 aromatic rings. The molecular weight excluding hydrogens is 427 g/mol. The van der Waals surface area contributed by atoms with Gasteiger partial charge in [0.15, 0.2) is 0 Å². The van der Waals surface area contributed by atoms with Gasteiger partial charge >= 0.3 is 71.7 Å². The minimum atomic E-state index is -2.22.